The van der Waals surface area contributed by atoms with Crippen LogP contribution in [-0.4, -0.2) is 94.0 Å². The van der Waals surface area contributed by atoms with Gasteiger partial charge in [-0.2, -0.15) is 5.10 Å². The van der Waals surface area contributed by atoms with E-state index in [1.807, 2.05) is 6.07 Å². The van der Waals surface area contributed by atoms with E-state index in [1.54, 1.807) is 16.0 Å². The van der Waals surface area contributed by atoms with Crippen LogP contribution in [0.15, 0.2) is 12.3 Å². The second-order valence-electron chi connectivity index (χ2n) is 6.85. The van der Waals surface area contributed by atoms with Gasteiger partial charge in [0.2, 0.25) is 0 Å². The third-order valence-electron chi connectivity index (χ3n) is 5.04. The number of amides is 2. The highest BCUT2D eigenvalue weighted by Crippen LogP contribution is 2.38. The Bertz CT molecular complexity index is 1090. The molecule has 2 fully saturated rings. The molecule has 0 bridgehead atoms. The fourth-order valence-electron chi connectivity index (χ4n) is 3.46. The van der Waals surface area contributed by atoms with Crippen LogP contribution in [0.25, 0.3) is 19.8 Å². The normalized spacial score (nSPS) is 17.5. The van der Waals surface area contributed by atoms with Crippen molar-refractivity contribution < 1.29 is 19.1 Å². The number of thiophene rings is 1. The summed E-state index contributed by atoms with van der Waals surface area (Å²) in [5.74, 6) is -0.308. The Balaban J connectivity index is 1.49. The fourth-order valence-corrected chi connectivity index (χ4v) is 5.31. The molecular weight excluding hydrogens is 428 g/mol. The van der Waals surface area contributed by atoms with Gasteiger partial charge in [0.25, 0.3) is 11.8 Å². The van der Waals surface area contributed by atoms with Crippen molar-refractivity contribution in [1.29, 1.82) is 0 Å². The highest BCUT2D eigenvalue weighted by molar-refractivity contribution is 7.25. The molecule has 0 unspecified atom stereocenters. The molecule has 30 heavy (non-hydrogen) atoms. The average Bonchev–Trinajstić information content (AvgIpc) is 3.46. The van der Waals surface area contributed by atoms with E-state index in [9.17, 15) is 9.59 Å². The van der Waals surface area contributed by atoms with Crippen LogP contribution in [0, 0.1) is 0 Å². The van der Waals surface area contributed by atoms with Gasteiger partial charge in [-0.05, 0) is 17.6 Å². The van der Waals surface area contributed by atoms with Crippen LogP contribution in [0.1, 0.15) is 21.0 Å². The molecule has 5 heterocycles. The van der Waals surface area contributed by atoms with Crippen LogP contribution in [0.2, 0.25) is 0 Å². The number of ether oxygens (including phenoxy) is 2. The molecule has 0 aromatic carbocycles. The van der Waals surface area contributed by atoms with E-state index in [0.29, 0.717) is 68.9 Å². The average molecular weight is 447 g/mol. The molecule has 3 aromatic heterocycles. The Kier molecular flexibility index (Phi) is 5.37. The second kappa shape index (κ2) is 8.30. The first-order valence-electron chi connectivity index (χ1n) is 9.54. The lowest BCUT2D eigenvalue weighted by Crippen LogP contribution is -2.41. The van der Waals surface area contributed by atoms with Gasteiger partial charge in [0, 0.05) is 36.4 Å². The molecule has 5 rings (SSSR count). The summed E-state index contributed by atoms with van der Waals surface area (Å²) in [5, 5.41) is 13.0. The molecule has 156 valence electrons. The molecule has 0 radical (unpaired) electrons. The lowest BCUT2D eigenvalue weighted by Gasteiger charge is -2.26. The van der Waals surface area contributed by atoms with Gasteiger partial charge in [0.05, 0.1) is 42.2 Å². The minimum atomic E-state index is -0.156. The third kappa shape index (κ3) is 3.55. The van der Waals surface area contributed by atoms with E-state index < -0.39 is 0 Å². The molecule has 0 spiro atoms. The molecule has 10 nitrogen and oxygen atoms in total. The van der Waals surface area contributed by atoms with Crippen molar-refractivity contribution >= 4 is 44.8 Å². The Morgan fingerprint density at radius 2 is 1.53 bits per heavy atom. The minimum Gasteiger partial charge on any atom is -0.378 e. The van der Waals surface area contributed by atoms with Crippen LogP contribution < -0.4 is 0 Å². The molecule has 0 N–H and O–H groups in total. The van der Waals surface area contributed by atoms with Gasteiger partial charge in [-0.25, -0.2) is 0 Å². The van der Waals surface area contributed by atoms with Crippen molar-refractivity contribution in [2.45, 2.75) is 0 Å². The summed E-state index contributed by atoms with van der Waals surface area (Å²) in [6.07, 6.45) is 1.63. The molecule has 12 heteroatoms. The van der Waals surface area contributed by atoms with Crippen LogP contribution in [0.4, 0.5) is 0 Å². The highest BCUT2D eigenvalue weighted by Gasteiger charge is 2.27. The number of rotatable bonds is 3. The van der Waals surface area contributed by atoms with Crippen LogP contribution in [0.5, 0.6) is 0 Å². The minimum absolute atomic E-state index is 0.152. The molecule has 0 atom stereocenters. The lowest BCUT2D eigenvalue weighted by molar-refractivity contribution is 0.0298. The number of nitrogens with zero attached hydrogens (tertiary/aromatic N) is 6. The van der Waals surface area contributed by atoms with Gasteiger partial charge < -0.3 is 19.3 Å². The summed E-state index contributed by atoms with van der Waals surface area (Å²) in [5.41, 5.74) is 0.652. The zero-order valence-corrected chi connectivity index (χ0v) is 17.6. The van der Waals surface area contributed by atoms with Gasteiger partial charge in [0.15, 0.2) is 11.4 Å². The lowest BCUT2D eigenvalue weighted by atomic mass is 10.2. The summed E-state index contributed by atoms with van der Waals surface area (Å²) in [7, 11) is 0. The largest absolute Gasteiger partial charge is 0.378 e. The van der Waals surface area contributed by atoms with Crippen LogP contribution in [-0.2, 0) is 9.47 Å². The predicted molar refractivity (Wildman–Crippen MR) is 110 cm³/mol. The summed E-state index contributed by atoms with van der Waals surface area (Å²) < 4.78 is 15.4. The van der Waals surface area contributed by atoms with Crippen molar-refractivity contribution in [3.05, 3.63) is 23.7 Å². The Morgan fingerprint density at radius 3 is 2.20 bits per heavy atom. The van der Waals surface area contributed by atoms with E-state index >= 15 is 0 Å². The maximum Gasteiger partial charge on any atom is 0.276 e. The van der Waals surface area contributed by atoms with Gasteiger partial charge in [-0.15, -0.1) is 21.5 Å². The maximum absolute atomic E-state index is 13.0. The number of morpholine rings is 2. The van der Waals surface area contributed by atoms with Crippen molar-refractivity contribution in [2.24, 2.45) is 0 Å². The number of carbonyl (C=O) groups is 2. The summed E-state index contributed by atoms with van der Waals surface area (Å²) in [4.78, 5) is 30.9. The summed E-state index contributed by atoms with van der Waals surface area (Å²) in [6.45, 7) is 4.22. The van der Waals surface area contributed by atoms with E-state index in [2.05, 4.69) is 19.8 Å². The number of fused-ring (bicyclic) bond motifs is 1. The quantitative estimate of drug-likeness (QED) is 0.589. The van der Waals surface area contributed by atoms with Gasteiger partial charge in [-0.3, -0.25) is 9.59 Å². The van der Waals surface area contributed by atoms with E-state index in [1.165, 1.54) is 22.9 Å². The molecule has 0 aliphatic carbocycles. The molecule has 0 saturated carbocycles. The first-order chi connectivity index (χ1) is 14.7. The number of carbonyl (C=O) groups excluding carboxylic acids is 2. The van der Waals surface area contributed by atoms with E-state index in [-0.39, 0.29) is 11.8 Å². The molecule has 2 amide bonds. The van der Waals surface area contributed by atoms with Crippen molar-refractivity contribution in [3.63, 3.8) is 0 Å². The standard InChI is InChI=1S/C18H18N6O4S2/c25-17(23-1-5-27-6-2-23)13-15-11(10-19-20-13)9-12(29-15)16-14(21-22-30-16)18(26)24-3-7-28-8-4-24/h9-10H,1-8H2. The van der Waals surface area contributed by atoms with Crippen LogP contribution in [0.3, 0.4) is 0 Å². The first kappa shape index (κ1) is 19.4. The van der Waals surface area contributed by atoms with Crippen molar-refractivity contribution in [1.82, 2.24) is 29.6 Å². The molecular formula is C18H18N6O4S2. The summed E-state index contributed by atoms with van der Waals surface area (Å²) >= 11 is 2.58. The highest BCUT2D eigenvalue weighted by atomic mass is 32.1. The number of hydrogen-bond donors (Lipinski definition) is 0. The first-order valence-corrected chi connectivity index (χ1v) is 11.1. The Labute approximate surface area is 179 Å². The monoisotopic (exact) mass is 446 g/mol. The molecule has 2 aliphatic rings. The Hall–Kier alpha value is -2.54. The topological polar surface area (TPSA) is 111 Å². The SMILES string of the molecule is O=C(c1nnsc1-c1cc2cnnc(C(=O)N3CCOCC3)c2s1)N1CCOCC1. The van der Waals surface area contributed by atoms with Crippen LogP contribution >= 0.6 is 22.9 Å². The van der Waals surface area contributed by atoms with Gasteiger partial charge >= 0.3 is 0 Å². The van der Waals surface area contributed by atoms with Crippen molar-refractivity contribution in [2.75, 3.05) is 52.6 Å². The van der Waals surface area contributed by atoms with E-state index in [0.717, 1.165) is 15.0 Å². The molecule has 3 aromatic rings. The second-order valence-corrected chi connectivity index (χ2v) is 8.65. The fraction of sp³-hybridized carbons (Fsp3) is 0.444. The van der Waals surface area contributed by atoms with Gasteiger partial charge in [0.1, 0.15) is 0 Å². The molecule has 2 saturated heterocycles. The predicted octanol–water partition coefficient (Wildman–Crippen LogP) is 1.15. The Morgan fingerprint density at radius 1 is 0.900 bits per heavy atom. The van der Waals surface area contributed by atoms with E-state index in [4.69, 9.17) is 9.47 Å². The van der Waals surface area contributed by atoms with Crippen molar-refractivity contribution in [3.8, 4) is 9.75 Å². The third-order valence-corrected chi connectivity index (χ3v) is 7.11. The molecule has 2 aliphatic heterocycles. The maximum atomic E-state index is 13.0. The van der Waals surface area contributed by atoms with Gasteiger partial charge in [-0.1, -0.05) is 4.49 Å². The number of aromatic nitrogens is 4. The number of hydrogen-bond acceptors (Lipinski definition) is 10. The summed E-state index contributed by atoms with van der Waals surface area (Å²) in [6, 6.07) is 1.91. The smallest absolute Gasteiger partial charge is 0.276 e. The zero-order valence-electron chi connectivity index (χ0n) is 15.9. The zero-order chi connectivity index (χ0) is 20.5.